The summed E-state index contributed by atoms with van der Waals surface area (Å²) >= 11 is 1.86. The molecule has 2 heteroatoms. The van der Waals surface area contributed by atoms with Gasteiger partial charge in [0.15, 0.2) is 0 Å². The maximum Gasteiger partial charge on any atom is 0.0362 e. The summed E-state index contributed by atoms with van der Waals surface area (Å²) in [5, 5.41) is 7.41. The molecule has 0 aliphatic carbocycles. The van der Waals surface area contributed by atoms with Crippen LogP contribution in [-0.2, 0) is 0 Å². The first-order valence-corrected chi connectivity index (χ1v) is 7.72. The van der Waals surface area contributed by atoms with Crippen molar-refractivity contribution in [1.29, 1.82) is 0 Å². The number of benzene rings is 1. The normalized spacial score (nSPS) is 15.2. The van der Waals surface area contributed by atoms with Crippen LogP contribution in [0.25, 0.3) is 10.1 Å². The third kappa shape index (κ3) is 2.60. The van der Waals surface area contributed by atoms with E-state index in [-0.39, 0.29) is 0 Å². The van der Waals surface area contributed by atoms with Crippen LogP contribution in [0.5, 0.6) is 0 Å². The summed E-state index contributed by atoms with van der Waals surface area (Å²) in [5.74, 6) is 1.33. The molecule has 0 spiro atoms. The zero-order chi connectivity index (χ0) is 13.1. The second kappa shape index (κ2) is 5.85. The molecule has 1 aromatic heterocycles. The maximum atomic E-state index is 3.66. The van der Waals surface area contributed by atoms with Gasteiger partial charge in [-0.2, -0.15) is 0 Å². The van der Waals surface area contributed by atoms with Gasteiger partial charge in [0.05, 0.1) is 0 Å². The minimum atomic E-state index is 0.464. The van der Waals surface area contributed by atoms with Crippen molar-refractivity contribution in [2.24, 2.45) is 11.8 Å². The molecule has 2 unspecified atom stereocenters. The molecule has 0 saturated carbocycles. The standard InChI is InChI=1S/C16H23NS/c1-5-17-16(12(4)11(2)3)14-10-18-15-9-7-6-8-13(14)15/h6-12,16-17H,5H2,1-4H3. The number of thiophene rings is 1. The van der Waals surface area contributed by atoms with Gasteiger partial charge < -0.3 is 5.32 Å². The molecule has 0 aliphatic heterocycles. The average molecular weight is 261 g/mol. The van der Waals surface area contributed by atoms with Crippen LogP contribution >= 0.6 is 11.3 Å². The molecule has 2 atom stereocenters. The molecule has 1 aromatic carbocycles. The van der Waals surface area contributed by atoms with E-state index in [1.165, 1.54) is 15.6 Å². The minimum Gasteiger partial charge on any atom is -0.310 e. The molecule has 2 aromatic rings. The fraction of sp³-hybridized carbons (Fsp3) is 0.500. The summed E-state index contributed by atoms with van der Waals surface area (Å²) < 4.78 is 1.39. The SMILES string of the molecule is CCNC(c1csc2ccccc12)C(C)C(C)C. The van der Waals surface area contributed by atoms with Gasteiger partial charge in [-0.3, -0.25) is 0 Å². The van der Waals surface area contributed by atoms with Gasteiger partial charge >= 0.3 is 0 Å². The number of fused-ring (bicyclic) bond motifs is 1. The fourth-order valence-electron chi connectivity index (χ4n) is 2.42. The lowest BCUT2D eigenvalue weighted by atomic mass is 9.86. The second-order valence-electron chi connectivity index (χ2n) is 5.33. The van der Waals surface area contributed by atoms with Gasteiger partial charge in [0.25, 0.3) is 0 Å². The summed E-state index contributed by atoms with van der Waals surface area (Å²) in [6.07, 6.45) is 0. The van der Waals surface area contributed by atoms with Crippen molar-refractivity contribution in [2.75, 3.05) is 6.54 Å². The summed E-state index contributed by atoms with van der Waals surface area (Å²) in [4.78, 5) is 0. The van der Waals surface area contributed by atoms with Gasteiger partial charge in [-0.1, -0.05) is 45.9 Å². The van der Waals surface area contributed by atoms with Crippen LogP contribution in [0.15, 0.2) is 29.6 Å². The Balaban J connectivity index is 2.41. The first kappa shape index (κ1) is 13.6. The molecular formula is C16H23NS. The van der Waals surface area contributed by atoms with Crippen LogP contribution in [-0.4, -0.2) is 6.54 Å². The van der Waals surface area contributed by atoms with Gasteiger partial charge in [-0.15, -0.1) is 11.3 Å². The van der Waals surface area contributed by atoms with E-state index in [9.17, 15) is 0 Å². The summed E-state index contributed by atoms with van der Waals surface area (Å²) in [6, 6.07) is 9.19. The number of hydrogen-bond acceptors (Lipinski definition) is 2. The molecule has 1 nitrogen and oxygen atoms in total. The van der Waals surface area contributed by atoms with E-state index in [0.29, 0.717) is 17.9 Å². The molecular weight excluding hydrogens is 238 g/mol. The largest absolute Gasteiger partial charge is 0.310 e. The molecule has 0 fully saturated rings. The van der Waals surface area contributed by atoms with Gasteiger partial charge in [0, 0.05) is 10.7 Å². The van der Waals surface area contributed by atoms with E-state index in [1.807, 2.05) is 11.3 Å². The fourth-order valence-corrected chi connectivity index (χ4v) is 3.42. The van der Waals surface area contributed by atoms with Crippen molar-refractivity contribution < 1.29 is 0 Å². The Bertz CT molecular complexity index is 501. The van der Waals surface area contributed by atoms with Gasteiger partial charge in [-0.25, -0.2) is 0 Å². The van der Waals surface area contributed by atoms with Crippen molar-refractivity contribution in [3.05, 3.63) is 35.2 Å². The average Bonchev–Trinajstić information content (AvgIpc) is 2.79. The molecule has 1 N–H and O–H groups in total. The van der Waals surface area contributed by atoms with Crippen LogP contribution < -0.4 is 5.32 Å². The van der Waals surface area contributed by atoms with Crippen molar-refractivity contribution in [3.8, 4) is 0 Å². The Labute approximate surface area is 114 Å². The third-order valence-corrected chi connectivity index (χ3v) is 4.83. The van der Waals surface area contributed by atoms with E-state index in [4.69, 9.17) is 0 Å². The monoisotopic (exact) mass is 261 g/mol. The number of nitrogens with one attached hydrogen (secondary N) is 1. The Morgan fingerprint density at radius 1 is 1.17 bits per heavy atom. The minimum absolute atomic E-state index is 0.464. The van der Waals surface area contributed by atoms with Gasteiger partial charge in [-0.05, 0) is 40.8 Å². The zero-order valence-electron chi connectivity index (χ0n) is 11.7. The highest BCUT2D eigenvalue weighted by Gasteiger charge is 2.23. The Morgan fingerprint density at radius 2 is 1.89 bits per heavy atom. The summed E-state index contributed by atoms with van der Waals surface area (Å²) in [7, 11) is 0. The molecule has 0 saturated heterocycles. The van der Waals surface area contributed by atoms with E-state index in [2.05, 4.69) is 62.7 Å². The Kier molecular flexibility index (Phi) is 4.41. The molecule has 2 rings (SSSR count). The van der Waals surface area contributed by atoms with E-state index in [0.717, 1.165) is 6.54 Å². The lowest BCUT2D eigenvalue weighted by Gasteiger charge is -2.27. The van der Waals surface area contributed by atoms with Crippen LogP contribution in [0.1, 0.15) is 39.3 Å². The van der Waals surface area contributed by atoms with Crippen LogP contribution in [0.3, 0.4) is 0 Å². The topological polar surface area (TPSA) is 12.0 Å². The highest BCUT2D eigenvalue weighted by molar-refractivity contribution is 7.17. The zero-order valence-corrected chi connectivity index (χ0v) is 12.6. The van der Waals surface area contributed by atoms with E-state index < -0.39 is 0 Å². The van der Waals surface area contributed by atoms with Crippen LogP contribution in [0, 0.1) is 11.8 Å². The summed E-state index contributed by atoms with van der Waals surface area (Å²) in [6.45, 7) is 10.2. The van der Waals surface area contributed by atoms with E-state index >= 15 is 0 Å². The van der Waals surface area contributed by atoms with Crippen molar-refractivity contribution >= 4 is 21.4 Å². The van der Waals surface area contributed by atoms with Crippen molar-refractivity contribution in [1.82, 2.24) is 5.32 Å². The predicted molar refractivity (Wildman–Crippen MR) is 82.2 cm³/mol. The predicted octanol–water partition coefficient (Wildman–Crippen LogP) is 4.84. The molecule has 1 heterocycles. The van der Waals surface area contributed by atoms with Crippen molar-refractivity contribution in [2.45, 2.75) is 33.7 Å². The molecule has 0 aliphatic rings. The molecule has 18 heavy (non-hydrogen) atoms. The molecule has 98 valence electrons. The Morgan fingerprint density at radius 3 is 2.56 bits per heavy atom. The van der Waals surface area contributed by atoms with Crippen molar-refractivity contribution in [3.63, 3.8) is 0 Å². The molecule has 0 bridgehead atoms. The van der Waals surface area contributed by atoms with E-state index in [1.54, 1.807) is 0 Å². The first-order chi connectivity index (χ1) is 8.65. The number of hydrogen-bond donors (Lipinski definition) is 1. The van der Waals surface area contributed by atoms with Crippen LogP contribution in [0.4, 0.5) is 0 Å². The van der Waals surface area contributed by atoms with Crippen LogP contribution in [0.2, 0.25) is 0 Å². The first-order valence-electron chi connectivity index (χ1n) is 6.84. The highest BCUT2D eigenvalue weighted by Crippen LogP contribution is 2.35. The smallest absolute Gasteiger partial charge is 0.0362 e. The summed E-state index contributed by atoms with van der Waals surface area (Å²) in [5.41, 5.74) is 1.47. The lowest BCUT2D eigenvalue weighted by molar-refractivity contribution is 0.309. The molecule has 0 radical (unpaired) electrons. The highest BCUT2D eigenvalue weighted by atomic mass is 32.1. The Hall–Kier alpha value is -0.860. The van der Waals surface area contributed by atoms with Gasteiger partial charge in [0.2, 0.25) is 0 Å². The molecule has 0 amide bonds. The second-order valence-corrected chi connectivity index (χ2v) is 6.24. The number of rotatable bonds is 5. The quantitative estimate of drug-likeness (QED) is 0.811. The third-order valence-electron chi connectivity index (χ3n) is 3.85. The lowest BCUT2D eigenvalue weighted by Crippen LogP contribution is -2.29. The maximum absolute atomic E-state index is 3.66. The van der Waals surface area contributed by atoms with Gasteiger partial charge in [0.1, 0.15) is 0 Å².